The van der Waals surface area contributed by atoms with Crippen LogP contribution in [0.3, 0.4) is 0 Å². The van der Waals surface area contributed by atoms with Crippen LogP contribution in [0.1, 0.15) is 25.5 Å². The van der Waals surface area contributed by atoms with Gasteiger partial charge in [-0.2, -0.15) is 0 Å². The molecule has 1 aromatic carbocycles. The Balaban J connectivity index is 2.31. The molecule has 0 saturated heterocycles. The maximum absolute atomic E-state index is 9.21. The number of nitrogens with zero attached hydrogens (tertiary/aromatic N) is 2. The molecule has 0 saturated carbocycles. The maximum Gasteiger partial charge on any atom is 0.133 e. The average Bonchev–Trinajstić information content (AvgIpc) is 2.49. The van der Waals surface area contributed by atoms with Gasteiger partial charge in [-0.05, 0) is 30.7 Å². The summed E-state index contributed by atoms with van der Waals surface area (Å²) in [6, 6.07) is 16.0. The number of hydrogen-bond acceptors (Lipinski definition) is 3. The van der Waals surface area contributed by atoms with E-state index in [2.05, 4.69) is 28.9 Å². The van der Waals surface area contributed by atoms with Crippen molar-refractivity contribution >= 4 is 11.5 Å². The number of pyridine rings is 1. The molecule has 3 heteroatoms. The number of unbranched alkanes of at least 4 members (excludes halogenated alkanes) is 1. The summed E-state index contributed by atoms with van der Waals surface area (Å²) in [5.74, 6) is 0.895. The molecule has 1 heterocycles. The highest BCUT2D eigenvalue weighted by Crippen LogP contribution is 2.24. The van der Waals surface area contributed by atoms with Gasteiger partial charge in [0.2, 0.25) is 0 Å². The number of para-hydroxylation sites is 1. The van der Waals surface area contributed by atoms with E-state index >= 15 is 0 Å². The third-order valence-corrected chi connectivity index (χ3v) is 3.03. The number of rotatable bonds is 6. The third kappa shape index (κ3) is 3.55. The Bertz CT molecular complexity index is 499. The van der Waals surface area contributed by atoms with Gasteiger partial charge in [-0.3, -0.25) is 0 Å². The Labute approximate surface area is 114 Å². The van der Waals surface area contributed by atoms with E-state index in [1.165, 1.54) is 0 Å². The fraction of sp³-hybridized carbons (Fsp3) is 0.312. The van der Waals surface area contributed by atoms with Gasteiger partial charge in [-0.15, -0.1) is 0 Å². The molecule has 2 rings (SSSR count). The largest absolute Gasteiger partial charge is 0.390 e. The zero-order valence-corrected chi connectivity index (χ0v) is 11.3. The predicted molar refractivity (Wildman–Crippen MR) is 78.5 cm³/mol. The zero-order chi connectivity index (χ0) is 13.5. The summed E-state index contributed by atoms with van der Waals surface area (Å²) in [4.78, 5) is 6.69. The van der Waals surface area contributed by atoms with Crippen molar-refractivity contribution in [2.45, 2.75) is 26.4 Å². The van der Waals surface area contributed by atoms with Gasteiger partial charge in [0.25, 0.3) is 0 Å². The van der Waals surface area contributed by atoms with Crippen LogP contribution in [0, 0.1) is 0 Å². The van der Waals surface area contributed by atoms with Gasteiger partial charge < -0.3 is 10.0 Å². The molecule has 0 aliphatic heterocycles. The van der Waals surface area contributed by atoms with Crippen LogP contribution in [0.25, 0.3) is 0 Å². The van der Waals surface area contributed by atoms with Crippen LogP contribution in [0.2, 0.25) is 0 Å². The first-order chi connectivity index (χ1) is 9.35. The maximum atomic E-state index is 9.21. The van der Waals surface area contributed by atoms with Crippen LogP contribution in [-0.4, -0.2) is 16.6 Å². The van der Waals surface area contributed by atoms with E-state index < -0.39 is 0 Å². The molecule has 1 aromatic heterocycles. The summed E-state index contributed by atoms with van der Waals surface area (Å²) in [6.07, 6.45) is 2.25. The standard InChI is InChI=1S/C16H20N2O/c1-2-3-12-18(15-9-5-4-6-10-15)16-11-7-8-14(13-19)17-16/h4-11,19H,2-3,12-13H2,1H3. The second-order valence-corrected chi connectivity index (χ2v) is 4.49. The van der Waals surface area contributed by atoms with Crippen molar-refractivity contribution in [1.29, 1.82) is 0 Å². The molecule has 0 spiro atoms. The number of benzene rings is 1. The molecule has 0 atom stereocenters. The molecule has 0 amide bonds. The van der Waals surface area contributed by atoms with Gasteiger partial charge >= 0.3 is 0 Å². The van der Waals surface area contributed by atoms with Crippen molar-refractivity contribution in [2.24, 2.45) is 0 Å². The highest BCUT2D eigenvalue weighted by atomic mass is 16.3. The van der Waals surface area contributed by atoms with Crippen LogP contribution < -0.4 is 4.90 Å². The Kier molecular flexibility index (Phi) is 4.93. The lowest BCUT2D eigenvalue weighted by Crippen LogP contribution is -2.19. The molecule has 2 aromatic rings. The summed E-state index contributed by atoms with van der Waals surface area (Å²) >= 11 is 0. The molecule has 0 bridgehead atoms. The van der Waals surface area contributed by atoms with Crippen molar-refractivity contribution in [3.05, 3.63) is 54.2 Å². The summed E-state index contributed by atoms with van der Waals surface area (Å²) in [5, 5.41) is 9.21. The lowest BCUT2D eigenvalue weighted by Gasteiger charge is -2.24. The summed E-state index contributed by atoms with van der Waals surface area (Å²) in [7, 11) is 0. The molecule has 0 radical (unpaired) electrons. The topological polar surface area (TPSA) is 36.4 Å². The van der Waals surface area contributed by atoms with E-state index in [9.17, 15) is 5.11 Å². The van der Waals surface area contributed by atoms with E-state index in [1.54, 1.807) is 0 Å². The predicted octanol–water partition coefficient (Wildman–Crippen LogP) is 3.51. The molecule has 1 N–H and O–H groups in total. The summed E-state index contributed by atoms with van der Waals surface area (Å²) < 4.78 is 0. The minimum absolute atomic E-state index is 0.0236. The van der Waals surface area contributed by atoms with Crippen LogP contribution in [0.15, 0.2) is 48.5 Å². The van der Waals surface area contributed by atoms with Gasteiger partial charge in [0.15, 0.2) is 0 Å². The van der Waals surface area contributed by atoms with Crippen molar-refractivity contribution in [3.63, 3.8) is 0 Å². The van der Waals surface area contributed by atoms with Crippen molar-refractivity contribution in [1.82, 2.24) is 4.98 Å². The quantitative estimate of drug-likeness (QED) is 0.859. The molecular formula is C16H20N2O. The summed E-state index contributed by atoms with van der Waals surface area (Å²) in [6.45, 7) is 3.09. The number of hydrogen-bond donors (Lipinski definition) is 1. The number of aromatic nitrogens is 1. The Morgan fingerprint density at radius 1 is 1.05 bits per heavy atom. The Morgan fingerprint density at radius 3 is 2.53 bits per heavy atom. The molecule has 19 heavy (non-hydrogen) atoms. The van der Waals surface area contributed by atoms with Gasteiger partial charge in [0, 0.05) is 12.2 Å². The van der Waals surface area contributed by atoms with Crippen molar-refractivity contribution < 1.29 is 5.11 Å². The van der Waals surface area contributed by atoms with Crippen molar-refractivity contribution in [2.75, 3.05) is 11.4 Å². The lowest BCUT2D eigenvalue weighted by molar-refractivity contribution is 0.277. The van der Waals surface area contributed by atoms with Crippen molar-refractivity contribution in [3.8, 4) is 0 Å². The van der Waals surface area contributed by atoms with Crippen LogP contribution >= 0.6 is 0 Å². The fourth-order valence-corrected chi connectivity index (χ4v) is 2.01. The smallest absolute Gasteiger partial charge is 0.133 e. The summed E-state index contributed by atoms with van der Waals surface area (Å²) in [5.41, 5.74) is 1.84. The number of aliphatic hydroxyl groups is 1. The third-order valence-electron chi connectivity index (χ3n) is 3.03. The minimum atomic E-state index is -0.0236. The zero-order valence-electron chi connectivity index (χ0n) is 11.3. The van der Waals surface area contributed by atoms with Crippen LogP contribution in [0.4, 0.5) is 11.5 Å². The average molecular weight is 256 g/mol. The van der Waals surface area contributed by atoms with E-state index in [4.69, 9.17) is 0 Å². The lowest BCUT2D eigenvalue weighted by atomic mass is 10.2. The van der Waals surface area contributed by atoms with E-state index in [0.29, 0.717) is 5.69 Å². The van der Waals surface area contributed by atoms with Gasteiger partial charge in [0.1, 0.15) is 5.82 Å². The highest BCUT2D eigenvalue weighted by molar-refractivity contribution is 5.59. The second-order valence-electron chi connectivity index (χ2n) is 4.49. The van der Waals surface area contributed by atoms with Gasteiger partial charge in [-0.25, -0.2) is 4.98 Å². The molecule has 3 nitrogen and oxygen atoms in total. The fourth-order valence-electron chi connectivity index (χ4n) is 2.01. The molecular weight excluding hydrogens is 236 g/mol. The highest BCUT2D eigenvalue weighted by Gasteiger charge is 2.10. The van der Waals surface area contributed by atoms with E-state index in [1.807, 2.05) is 36.4 Å². The normalized spacial score (nSPS) is 10.4. The molecule has 100 valence electrons. The number of aliphatic hydroxyl groups excluding tert-OH is 1. The SMILES string of the molecule is CCCCN(c1ccccc1)c1cccc(CO)n1. The molecule has 0 aliphatic carbocycles. The first kappa shape index (κ1) is 13.6. The van der Waals surface area contributed by atoms with Gasteiger partial charge in [0.05, 0.1) is 12.3 Å². The van der Waals surface area contributed by atoms with E-state index in [-0.39, 0.29) is 6.61 Å². The minimum Gasteiger partial charge on any atom is -0.390 e. The van der Waals surface area contributed by atoms with Crippen LogP contribution in [0.5, 0.6) is 0 Å². The molecule has 0 fully saturated rings. The Hall–Kier alpha value is -1.87. The first-order valence-electron chi connectivity index (χ1n) is 6.74. The van der Waals surface area contributed by atoms with Gasteiger partial charge in [-0.1, -0.05) is 37.6 Å². The number of anilines is 2. The molecule has 0 aliphatic rings. The monoisotopic (exact) mass is 256 g/mol. The Morgan fingerprint density at radius 2 is 1.84 bits per heavy atom. The first-order valence-corrected chi connectivity index (χ1v) is 6.74. The molecule has 0 unspecified atom stereocenters. The van der Waals surface area contributed by atoms with E-state index in [0.717, 1.165) is 30.9 Å². The second kappa shape index (κ2) is 6.90. The van der Waals surface area contributed by atoms with Crippen LogP contribution in [-0.2, 0) is 6.61 Å².